The smallest absolute Gasteiger partial charge is 0.331 e. The molecule has 0 bridgehead atoms. The Morgan fingerprint density at radius 1 is 1.15 bits per heavy atom. The number of carbonyl (C=O) groups is 2. The molecule has 2 aromatic carbocycles. The Bertz CT molecular complexity index is 847. The second-order valence-electron chi connectivity index (χ2n) is 6.34. The Kier molecular flexibility index (Phi) is 6.24. The van der Waals surface area contributed by atoms with Gasteiger partial charge in [-0.05, 0) is 42.7 Å². The van der Waals surface area contributed by atoms with Crippen molar-refractivity contribution in [2.24, 2.45) is 0 Å². The van der Waals surface area contributed by atoms with Crippen molar-refractivity contribution in [2.45, 2.75) is 25.4 Å². The van der Waals surface area contributed by atoms with E-state index in [9.17, 15) is 14.0 Å². The third kappa shape index (κ3) is 5.66. The molecule has 3 rings (SSSR count). The van der Waals surface area contributed by atoms with Crippen molar-refractivity contribution >= 4 is 29.6 Å². The molecule has 140 valence electrons. The van der Waals surface area contributed by atoms with Gasteiger partial charge in [-0.1, -0.05) is 41.9 Å². The largest absolute Gasteiger partial charge is 0.452 e. The van der Waals surface area contributed by atoms with Gasteiger partial charge in [0.25, 0.3) is 5.91 Å². The van der Waals surface area contributed by atoms with Crippen LogP contribution in [0.5, 0.6) is 0 Å². The molecule has 0 heterocycles. The fourth-order valence-electron chi connectivity index (χ4n) is 2.62. The second kappa shape index (κ2) is 8.82. The molecular weight excluding hydrogens is 369 g/mol. The summed E-state index contributed by atoms with van der Waals surface area (Å²) in [7, 11) is 0. The van der Waals surface area contributed by atoms with E-state index >= 15 is 0 Å². The molecule has 6 heteroatoms. The molecule has 1 amide bonds. The van der Waals surface area contributed by atoms with Crippen LogP contribution >= 0.6 is 11.6 Å². The first-order valence-electron chi connectivity index (χ1n) is 8.66. The first-order valence-corrected chi connectivity index (χ1v) is 9.04. The molecule has 0 unspecified atom stereocenters. The molecule has 27 heavy (non-hydrogen) atoms. The van der Waals surface area contributed by atoms with Crippen LogP contribution in [-0.2, 0) is 20.9 Å². The van der Waals surface area contributed by atoms with Crippen molar-refractivity contribution in [3.63, 3.8) is 0 Å². The number of halogens is 2. The zero-order chi connectivity index (χ0) is 19.2. The van der Waals surface area contributed by atoms with Gasteiger partial charge in [0.1, 0.15) is 5.82 Å². The molecule has 1 aliphatic rings. The van der Waals surface area contributed by atoms with E-state index in [4.69, 9.17) is 16.3 Å². The van der Waals surface area contributed by atoms with Crippen LogP contribution in [0.25, 0.3) is 6.08 Å². The van der Waals surface area contributed by atoms with Gasteiger partial charge in [-0.25, -0.2) is 9.18 Å². The minimum absolute atomic E-state index is 0.0837. The maximum Gasteiger partial charge on any atom is 0.331 e. The van der Waals surface area contributed by atoms with Crippen molar-refractivity contribution in [1.29, 1.82) is 0 Å². The van der Waals surface area contributed by atoms with Crippen LogP contribution in [0.2, 0.25) is 5.02 Å². The molecule has 0 N–H and O–H groups in total. The Labute approximate surface area is 162 Å². The number of rotatable bonds is 7. The Morgan fingerprint density at radius 3 is 2.52 bits per heavy atom. The van der Waals surface area contributed by atoms with E-state index in [1.54, 1.807) is 53.4 Å². The number of esters is 1. The van der Waals surface area contributed by atoms with Crippen LogP contribution in [0.15, 0.2) is 54.6 Å². The van der Waals surface area contributed by atoms with E-state index in [0.717, 1.165) is 18.4 Å². The molecule has 4 nitrogen and oxygen atoms in total. The minimum Gasteiger partial charge on any atom is -0.452 e. The van der Waals surface area contributed by atoms with Crippen LogP contribution in [-0.4, -0.2) is 29.4 Å². The minimum atomic E-state index is -0.611. The summed E-state index contributed by atoms with van der Waals surface area (Å²) in [5.74, 6) is -1.28. The first kappa shape index (κ1) is 19.1. The second-order valence-corrected chi connectivity index (χ2v) is 6.77. The lowest BCUT2D eigenvalue weighted by Crippen LogP contribution is -2.36. The molecule has 0 aliphatic heterocycles. The van der Waals surface area contributed by atoms with Crippen molar-refractivity contribution in [2.75, 3.05) is 6.61 Å². The molecule has 1 aliphatic carbocycles. The highest BCUT2D eigenvalue weighted by Crippen LogP contribution is 2.29. The predicted molar refractivity (Wildman–Crippen MR) is 101 cm³/mol. The third-order valence-electron chi connectivity index (χ3n) is 4.23. The number of nitrogens with zero attached hydrogens (tertiary/aromatic N) is 1. The zero-order valence-electron chi connectivity index (χ0n) is 14.6. The van der Waals surface area contributed by atoms with Gasteiger partial charge >= 0.3 is 5.97 Å². The van der Waals surface area contributed by atoms with Crippen LogP contribution in [0.3, 0.4) is 0 Å². The summed E-state index contributed by atoms with van der Waals surface area (Å²) in [6, 6.07) is 13.4. The summed E-state index contributed by atoms with van der Waals surface area (Å²) in [5, 5.41) is 0.607. The van der Waals surface area contributed by atoms with E-state index in [2.05, 4.69) is 0 Å². The number of carbonyl (C=O) groups excluding carboxylic acids is 2. The summed E-state index contributed by atoms with van der Waals surface area (Å²) >= 11 is 5.81. The molecule has 0 spiro atoms. The van der Waals surface area contributed by atoms with Crippen molar-refractivity contribution in [3.8, 4) is 0 Å². The van der Waals surface area contributed by atoms with E-state index in [0.29, 0.717) is 10.6 Å². The number of benzene rings is 2. The van der Waals surface area contributed by atoms with Gasteiger partial charge in [-0.3, -0.25) is 4.79 Å². The van der Waals surface area contributed by atoms with E-state index in [1.807, 2.05) is 0 Å². The fourth-order valence-corrected chi connectivity index (χ4v) is 2.75. The Balaban J connectivity index is 1.54. The standard InChI is InChI=1S/C21H19ClFNO3/c22-17-8-5-15(6-9-17)7-12-21(26)27-14-20(25)24(18-10-11-18)13-16-3-1-2-4-19(16)23/h1-9,12,18H,10-11,13-14H2/b12-7+. The molecule has 0 aromatic heterocycles. The van der Waals surface area contributed by atoms with Crippen molar-refractivity contribution < 1.29 is 18.7 Å². The maximum absolute atomic E-state index is 13.9. The van der Waals surface area contributed by atoms with E-state index < -0.39 is 5.97 Å². The van der Waals surface area contributed by atoms with Crippen molar-refractivity contribution in [3.05, 3.63) is 76.6 Å². The fraction of sp³-hybridized carbons (Fsp3) is 0.238. The SMILES string of the molecule is O=C(/C=C/c1ccc(Cl)cc1)OCC(=O)N(Cc1ccccc1F)C1CC1. The van der Waals surface area contributed by atoms with Gasteiger partial charge in [0.05, 0.1) is 0 Å². The third-order valence-corrected chi connectivity index (χ3v) is 4.48. The summed E-state index contributed by atoms with van der Waals surface area (Å²) in [4.78, 5) is 25.9. The predicted octanol–water partition coefficient (Wildman–Crippen LogP) is 4.23. The monoisotopic (exact) mass is 387 g/mol. The van der Waals surface area contributed by atoms with Crippen LogP contribution in [0, 0.1) is 5.82 Å². The van der Waals surface area contributed by atoms with Crippen LogP contribution < -0.4 is 0 Å². The van der Waals surface area contributed by atoms with Gasteiger partial charge in [-0.2, -0.15) is 0 Å². The van der Waals surface area contributed by atoms with Crippen molar-refractivity contribution in [1.82, 2.24) is 4.90 Å². The lowest BCUT2D eigenvalue weighted by Gasteiger charge is -2.22. The molecular formula is C21H19ClFNO3. The Morgan fingerprint density at radius 2 is 1.85 bits per heavy atom. The van der Waals surface area contributed by atoms with Gasteiger partial charge in [0.15, 0.2) is 6.61 Å². The molecule has 0 saturated heterocycles. The summed E-state index contributed by atoms with van der Waals surface area (Å²) in [5.41, 5.74) is 1.24. The van der Waals surface area contributed by atoms with E-state index in [1.165, 1.54) is 12.1 Å². The quantitative estimate of drug-likeness (QED) is 0.527. The molecule has 0 atom stereocenters. The number of hydrogen-bond acceptors (Lipinski definition) is 3. The first-order chi connectivity index (χ1) is 13.0. The normalized spacial score (nSPS) is 13.6. The van der Waals surface area contributed by atoms with Crippen LogP contribution in [0.4, 0.5) is 4.39 Å². The topological polar surface area (TPSA) is 46.6 Å². The van der Waals surface area contributed by atoms with Crippen LogP contribution in [0.1, 0.15) is 24.0 Å². The number of ether oxygens (including phenoxy) is 1. The summed E-state index contributed by atoms with van der Waals surface area (Å²) in [6.07, 6.45) is 4.60. The lowest BCUT2D eigenvalue weighted by atomic mass is 10.2. The van der Waals surface area contributed by atoms with Gasteiger partial charge in [0, 0.05) is 29.2 Å². The molecule has 2 aromatic rings. The average Bonchev–Trinajstić information content (AvgIpc) is 3.50. The molecule has 1 fully saturated rings. The highest BCUT2D eigenvalue weighted by atomic mass is 35.5. The van der Waals surface area contributed by atoms with Gasteiger partial charge < -0.3 is 9.64 Å². The number of amides is 1. The van der Waals surface area contributed by atoms with Gasteiger partial charge in [0.2, 0.25) is 0 Å². The highest BCUT2D eigenvalue weighted by Gasteiger charge is 2.33. The Hall–Kier alpha value is -2.66. The average molecular weight is 388 g/mol. The molecule has 1 saturated carbocycles. The van der Waals surface area contributed by atoms with Gasteiger partial charge in [-0.15, -0.1) is 0 Å². The zero-order valence-corrected chi connectivity index (χ0v) is 15.4. The summed E-state index contributed by atoms with van der Waals surface area (Å²) < 4.78 is 18.9. The molecule has 0 radical (unpaired) electrons. The summed E-state index contributed by atoms with van der Waals surface area (Å²) in [6.45, 7) is -0.191. The number of hydrogen-bond donors (Lipinski definition) is 0. The lowest BCUT2D eigenvalue weighted by molar-refractivity contribution is -0.148. The maximum atomic E-state index is 13.9. The van der Waals surface area contributed by atoms with E-state index in [-0.39, 0.29) is 30.9 Å². The highest BCUT2D eigenvalue weighted by molar-refractivity contribution is 6.30.